The zero-order valence-corrected chi connectivity index (χ0v) is 26.8. The van der Waals surface area contributed by atoms with Crippen LogP contribution in [0.4, 0.5) is 45.2 Å². The van der Waals surface area contributed by atoms with E-state index >= 15 is 0 Å². The average molecular weight is 713 g/mol. The number of rotatable bonds is 9. The van der Waals surface area contributed by atoms with E-state index in [-0.39, 0.29) is 25.4 Å². The van der Waals surface area contributed by atoms with Crippen LogP contribution in [0.15, 0.2) is 95.9 Å². The molecule has 1 atom stereocenters. The molecule has 5 rings (SSSR count). The number of ether oxygens (including phenoxy) is 1. The highest BCUT2D eigenvalue weighted by molar-refractivity contribution is 8.00. The molecule has 4 aromatic carbocycles. The van der Waals surface area contributed by atoms with E-state index in [0.29, 0.717) is 40.3 Å². The van der Waals surface area contributed by atoms with E-state index in [0.717, 1.165) is 23.9 Å². The van der Waals surface area contributed by atoms with E-state index < -0.39 is 57.9 Å². The van der Waals surface area contributed by atoms with Crippen molar-refractivity contribution in [2.24, 2.45) is 0 Å². The summed E-state index contributed by atoms with van der Waals surface area (Å²) in [5.41, 5.74) is -5.96. The number of halogens is 9. The highest BCUT2D eigenvalue weighted by atomic mass is 32.2. The van der Waals surface area contributed by atoms with Crippen molar-refractivity contribution in [2.75, 3.05) is 32.1 Å². The molecule has 1 fully saturated rings. The number of anilines is 1. The van der Waals surface area contributed by atoms with Crippen molar-refractivity contribution < 1.29 is 49.0 Å². The summed E-state index contributed by atoms with van der Waals surface area (Å²) in [5.74, 6) is -3.59. The number of alkyl halides is 6. The van der Waals surface area contributed by atoms with Gasteiger partial charge in [-0.2, -0.15) is 26.3 Å². The smallest absolute Gasteiger partial charge is 0.378 e. The summed E-state index contributed by atoms with van der Waals surface area (Å²) >= 11 is 1.19. The van der Waals surface area contributed by atoms with Gasteiger partial charge in [-0.15, -0.1) is 11.8 Å². The van der Waals surface area contributed by atoms with E-state index in [1.165, 1.54) is 36.0 Å². The number of hydrogen-bond acceptors (Lipinski definition) is 4. The fourth-order valence-corrected chi connectivity index (χ4v) is 7.15. The summed E-state index contributed by atoms with van der Waals surface area (Å²) in [6.45, 7) is -1.45. The molecule has 4 aromatic rings. The predicted molar refractivity (Wildman–Crippen MR) is 167 cm³/mol. The van der Waals surface area contributed by atoms with Crippen LogP contribution < -0.4 is 4.90 Å². The second kappa shape index (κ2) is 13.6. The van der Waals surface area contributed by atoms with Gasteiger partial charge in [0.15, 0.2) is 0 Å². The van der Waals surface area contributed by atoms with E-state index in [1.54, 1.807) is 23.1 Å². The van der Waals surface area contributed by atoms with Crippen molar-refractivity contribution in [3.63, 3.8) is 0 Å². The van der Waals surface area contributed by atoms with E-state index in [1.807, 2.05) is 25.1 Å². The van der Waals surface area contributed by atoms with Crippen LogP contribution in [-0.2, 0) is 21.7 Å². The largest absolute Gasteiger partial charge is 0.430 e. The molecule has 1 aliphatic rings. The van der Waals surface area contributed by atoms with Crippen molar-refractivity contribution in [1.82, 2.24) is 4.90 Å². The van der Waals surface area contributed by atoms with Crippen LogP contribution in [-0.4, -0.2) is 50.3 Å². The predicted octanol–water partition coefficient (Wildman–Crippen LogP) is 9.24. The van der Waals surface area contributed by atoms with Crippen LogP contribution in [0.1, 0.15) is 33.5 Å². The molecular weight excluding hydrogens is 683 g/mol. The number of benzene rings is 4. The van der Waals surface area contributed by atoms with Crippen molar-refractivity contribution in [3.8, 4) is 0 Å². The highest BCUT2D eigenvalue weighted by Gasteiger charge is 2.73. The number of thioether (sulfide) groups is 1. The van der Waals surface area contributed by atoms with Crippen LogP contribution >= 0.6 is 11.8 Å². The third-order valence-electron chi connectivity index (χ3n) is 8.37. The topological polar surface area (TPSA) is 32.8 Å². The Hall–Kier alpha value is -4.17. The number of carbonyl (C=O) groups excluding carboxylic acids is 1. The van der Waals surface area contributed by atoms with Gasteiger partial charge in [0, 0.05) is 54.5 Å². The molecule has 1 unspecified atom stereocenters. The monoisotopic (exact) mass is 712 g/mol. The minimum atomic E-state index is -6.10. The van der Waals surface area contributed by atoms with Crippen LogP contribution in [0.5, 0.6) is 0 Å². The maximum atomic E-state index is 14.5. The number of carbonyl (C=O) groups is 1. The third-order valence-corrected chi connectivity index (χ3v) is 9.83. The molecule has 1 heterocycles. The quantitative estimate of drug-likeness (QED) is 0.162. The van der Waals surface area contributed by atoms with Crippen LogP contribution in [0.3, 0.4) is 0 Å². The number of likely N-dealkylation sites (tertiary alicyclic amines) is 1. The Labute approximate surface area is 280 Å². The summed E-state index contributed by atoms with van der Waals surface area (Å²) < 4.78 is 133. The molecule has 0 bridgehead atoms. The summed E-state index contributed by atoms with van der Waals surface area (Å²) in [6.07, 6.45) is -12.0. The van der Waals surface area contributed by atoms with Gasteiger partial charge < -0.3 is 14.5 Å². The molecule has 1 saturated heterocycles. The van der Waals surface area contributed by atoms with Crippen LogP contribution in [0, 0.1) is 17.5 Å². The first-order valence-corrected chi connectivity index (χ1v) is 15.6. The second-order valence-corrected chi connectivity index (χ2v) is 13.2. The van der Waals surface area contributed by atoms with Gasteiger partial charge in [0.2, 0.25) is 0 Å². The lowest BCUT2D eigenvalue weighted by Gasteiger charge is -2.38. The van der Waals surface area contributed by atoms with E-state index in [4.69, 9.17) is 0 Å². The van der Waals surface area contributed by atoms with Crippen molar-refractivity contribution in [2.45, 2.75) is 40.6 Å². The SMILES string of the molecule is CN(C)c1cccc(C(=O)N2CCC(Sc3ccc(F)cc3)(c3ccc(C(OCc4c(F)cccc4F)(C(F)(F)F)C(F)(F)F)cc3)C2)c1. The lowest BCUT2D eigenvalue weighted by atomic mass is 9.88. The summed E-state index contributed by atoms with van der Waals surface area (Å²) in [5, 5.41) is 0. The van der Waals surface area contributed by atoms with Crippen molar-refractivity contribution >= 4 is 23.4 Å². The van der Waals surface area contributed by atoms with Gasteiger partial charge in [-0.25, -0.2) is 13.2 Å². The summed E-state index contributed by atoms with van der Waals surface area (Å²) in [4.78, 5) is 17.5. The van der Waals surface area contributed by atoms with Gasteiger partial charge in [0.25, 0.3) is 11.5 Å². The number of nitrogens with zero attached hydrogens (tertiary/aromatic N) is 2. The Balaban J connectivity index is 1.54. The third kappa shape index (κ3) is 7.11. The molecule has 0 aliphatic carbocycles. The molecule has 260 valence electrons. The second-order valence-electron chi connectivity index (χ2n) is 11.7. The molecule has 0 saturated carbocycles. The van der Waals surface area contributed by atoms with Crippen molar-refractivity contribution in [1.29, 1.82) is 0 Å². The summed E-state index contributed by atoms with van der Waals surface area (Å²) in [6, 6.07) is 17.9. The van der Waals surface area contributed by atoms with Gasteiger partial charge in [-0.3, -0.25) is 4.79 Å². The Morgan fingerprint density at radius 1 is 0.837 bits per heavy atom. The van der Waals surface area contributed by atoms with Gasteiger partial charge >= 0.3 is 12.4 Å². The molecule has 0 radical (unpaired) electrons. The van der Waals surface area contributed by atoms with E-state index in [9.17, 15) is 44.3 Å². The molecule has 49 heavy (non-hydrogen) atoms. The maximum absolute atomic E-state index is 14.5. The Morgan fingerprint density at radius 3 is 2.00 bits per heavy atom. The molecule has 0 spiro atoms. The van der Waals surface area contributed by atoms with Crippen LogP contribution in [0.2, 0.25) is 0 Å². The first-order valence-electron chi connectivity index (χ1n) is 14.8. The molecular formula is C35H29F9N2O2S. The van der Waals surface area contributed by atoms with Gasteiger partial charge in [0.1, 0.15) is 17.5 Å². The molecule has 0 aromatic heterocycles. The fourth-order valence-electron chi connectivity index (χ4n) is 5.76. The zero-order chi connectivity index (χ0) is 35.8. The molecule has 14 heteroatoms. The molecule has 1 amide bonds. The Kier molecular flexibility index (Phi) is 10.0. The minimum Gasteiger partial charge on any atom is -0.378 e. The lowest BCUT2D eigenvalue weighted by molar-refractivity contribution is -0.392. The first kappa shape index (κ1) is 36.1. The van der Waals surface area contributed by atoms with Crippen LogP contribution in [0.25, 0.3) is 0 Å². The number of hydrogen-bond donors (Lipinski definition) is 0. The lowest BCUT2D eigenvalue weighted by Crippen LogP contribution is -2.56. The fraction of sp³-hybridized carbons (Fsp3) is 0.286. The Bertz CT molecular complexity index is 1760. The average Bonchev–Trinajstić information content (AvgIpc) is 3.47. The molecule has 0 N–H and O–H groups in total. The number of amides is 1. The van der Waals surface area contributed by atoms with Gasteiger partial charge in [-0.05, 0) is 66.6 Å². The van der Waals surface area contributed by atoms with Gasteiger partial charge in [-0.1, -0.05) is 36.4 Å². The van der Waals surface area contributed by atoms with Gasteiger partial charge in [0.05, 0.1) is 11.4 Å². The zero-order valence-electron chi connectivity index (χ0n) is 26.0. The highest BCUT2D eigenvalue weighted by Crippen LogP contribution is 2.54. The normalized spacial score (nSPS) is 17.0. The molecule has 4 nitrogen and oxygen atoms in total. The van der Waals surface area contributed by atoms with Crippen molar-refractivity contribution in [3.05, 3.63) is 131 Å². The standard InChI is InChI=1S/C35H29F9N2O2S/c1-45(2)26-6-3-5-22(19-26)31(47)46-18-17-32(21-46,49-27-15-13-25(36)14-16-27)23-9-11-24(12-10-23)33(34(39,40)41,35(42,43)44)48-20-28-29(37)7-4-8-30(28)38/h3-16,19H,17-18,20-21H2,1-2H3. The molecule has 1 aliphatic heterocycles. The maximum Gasteiger partial charge on any atom is 0.430 e. The Morgan fingerprint density at radius 2 is 1.43 bits per heavy atom. The first-order chi connectivity index (χ1) is 23.0. The van der Waals surface area contributed by atoms with E-state index in [2.05, 4.69) is 4.74 Å². The summed E-state index contributed by atoms with van der Waals surface area (Å²) in [7, 11) is 3.62. The minimum absolute atomic E-state index is 0.0200.